The van der Waals surface area contributed by atoms with Gasteiger partial charge in [0.15, 0.2) is 12.0 Å². The zero-order valence-electron chi connectivity index (χ0n) is 12.5. The van der Waals surface area contributed by atoms with Gasteiger partial charge in [-0.15, -0.1) is 0 Å². The van der Waals surface area contributed by atoms with E-state index in [4.69, 9.17) is 21.1 Å². The monoisotopic (exact) mass is 392 g/mol. The number of methoxy groups -OCH3 is 3. The molecule has 0 amide bonds. The number of hydrogen-bond acceptors (Lipinski definition) is 7. The lowest BCUT2D eigenvalue weighted by molar-refractivity contribution is -0.106. The molecule has 12 heteroatoms. The van der Waals surface area contributed by atoms with Crippen molar-refractivity contribution in [2.45, 2.75) is 11.8 Å². The lowest BCUT2D eigenvalue weighted by Crippen LogP contribution is -2.29. The fourth-order valence-electron chi connectivity index (χ4n) is 1.61. The van der Waals surface area contributed by atoms with Crippen LogP contribution in [0.2, 0.25) is 5.02 Å². The van der Waals surface area contributed by atoms with Crippen LogP contribution < -0.4 is 4.18 Å². The fraction of sp³-hybridized carbons (Fsp3) is 0.417. The van der Waals surface area contributed by atoms with Gasteiger partial charge in [0.25, 0.3) is 0 Å². The molecule has 0 radical (unpaired) electrons. The van der Waals surface area contributed by atoms with Gasteiger partial charge in [0.1, 0.15) is 5.56 Å². The molecule has 0 bridgehead atoms. The molecule has 0 aliphatic rings. The molecule has 0 atom stereocenters. The van der Waals surface area contributed by atoms with Gasteiger partial charge in [-0.1, -0.05) is 17.7 Å². The molecular weight excluding hydrogens is 381 g/mol. The van der Waals surface area contributed by atoms with E-state index in [9.17, 15) is 26.4 Å². The van der Waals surface area contributed by atoms with E-state index < -0.39 is 44.2 Å². The van der Waals surface area contributed by atoms with Crippen molar-refractivity contribution in [2.24, 2.45) is 0 Å². The number of halogens is 4. The Labute approximate surface area is 140 Å². The predicted octanol–water partition coefficient (Wildman–Crippen LogP) is 2.65. The number of alkyl halides is 3. The lowest BCUT2D eigenvalue weighted by atomic mass is 10.1. The van der Waals surface area contributed by atoms with Crippen molar-refractivity contribution in [1.29, 1.82) is 0 Å². The molecule has 1 aromatic carbocycles. The van der Waals surface area contributed by atoms with Crippen LogP contribution in [0.15, 0.2) is 12.1 Å². The molecule has 0 saturated carbocycles. The van der Waals surface area contributed by atoms with Gasteiger partial charge in [0.2, 0.25) is 0 Å². The van der Waals surface area contributed by atoms with Crippen molar-refractivity contribution < 1.29 is 44.8 Å². The van der Waals surface area contributed by atoms with Gasteiger partial charge in [-0.05, 0) is 6.07 Å². The Morgan fingerprint density at radius 3 is 2.12 bits per heavy atom. The first-order chi connectivity index (χ1) is 11.0. The highest BCUT2D eigenvalue weighted by Gasteiger charge is 2.49. The Kier molecular flexibility index (Phi) is 6.45. The standard InChI is InChI=1S/C12H12ClF3O7S/c1-20-10(17)7-5-4-6(11(21-2)22-3)8(13)9(7)23-24(18,19)12(14,15)16/h4-5,11H,1-3H3. The Morgan fingerprint density at radius 2 is 1.71 bits per heavy atom. The van der Waals surface area contributed by atoms with Crippen LogP contribution >= 0.6 is 11.6 Å². The minimum atomic E-state index is -6.07. The molecule has 1 aromatic rings. The molecule has 0 saturated heterocycles. The molecule has 0 heterocycles. The number of ether oxygens (including phenoxy) is 3. The highest BCUT2D eigenvalue weighted by molar-refractivity contribution is 7.88. The molecule has 7 nitrogen and oxygen atoms in total. The van der Waals surface area contributed by atoms with Crippen molar-refractivity contribution >= 4 is 27.7 Å². The third kappa shape index (κ3) is 4.09. The largest absolute Gasteiger partial charge is 0.534 e. The number of rotatable bonds is 6. The summed E-state index contributed by atoms with van der Waals surface area (Å²) in [6.45, 7) is 0. The number of carbonyl (C=O) groups is 1. The van der Waals surface area contributed by atoms with E-state index in [2.05, 4.69) is 8.92 Å². The summed E-state index contributed by atoms with van der Waals surface area (Å²) >= 11 is 5.90. The Balaban J connectivity index is 3.58. The van der Waals surface area contributed by atoms with Gasteiger partial charge in [-0.25, -0.2) is 4.79 Å². The SMILES string of the molecule is COC(=O)c1ccc(C(OC)OC)c(Cl)c1OS(=O)(=O)C(F)(F)F. The average Bonchev–Trinajstić information content (AvgIpc) is 2.49. The van der Waals surface area contributed by atoms with Crippen LogP contribution in [0.3, 0.4) is 0 Å². The molecule has 0 N–H and O–H groups in total. The van der Waals surface area contributed by atoms with E-state index >= 15 is 0 Å². The molecular formula is C12H12ClF3O7S. The van der Waals surface area contributed by atoms with Crippen LogP contribution in [0.5, 0.6) is 5.75 Å². The van der Waals surface area contributed by atoms with Crippen molar-refractivity contribution in [3.8, 4) is 5.75 Å². The van der Waals surface area contributed by atoms with Gasteiger partial charge < -0.3 is 18.4 Å². The molecule has 0 aromatic heterocycles. The van der Waals surface area contributed by atoms with E-state index in [-0.39, 0.29) is 5.56 Å². The normalized spacial score (nSPS) is 12.3. The van der Waals surface area contributed by atoms with Crippen molar-refractivity contribution in [1.82, 2.24) is 0 Å². The molecule has 1 rings (SSSR count). The van der Waals surface area contributed by atoms with Crippen molar-refractivity contribution in [3.05, 3.63) is 28.3 Å². The second-order valence-corrected chi connectivity index (χ2v) is 6.04. The third-order valence-corrected chi connectivity index (χ3v) is 4.03. The summed E-state index contributed by atoms with van der Waals surface area (Å²) in [6, 6.07) is 2.17. The first-order valence-electron chi connectivity index (χ1n) is 5.97. The summed E-state index contributed by atoms with van der Waals surface area (Å²) in [6.07, 6.45) is -1.14. The maximum atomic E-state index is 12.5. The second kappa shape index (κ2) is 7.55. The van der Waals surface area contributed by atoms with Crippen LogP contribution in [0.1, 0.15) is 22.2 Å². The topological polar surface area (TPSA) is 88.1 Å². The first kappa shape index (κ1) is 20.5. The van der Waals surface area contributed by atoms with E-state index in [0.717, 1.165) is 13.2 Å². The first-order valence-corrected chi connectivity index (χ1v) is 7.75. The molecule has 0 aliphatic heterocycles. The second-order valence-electron chi connectivity index (χ2n) is 4.12. The van der Waals surface area contributed by atoms with Crippen LogP contribution in [0.4, 0.5) is 13.2 Å². The number of esters is 1. The maximum Gasteiger partial charge on any atom is 0.534 e. The van der Waals surface area contributed by atoms with Gasteiger partial charge in [0, 0.05) is 19.8 Å². The summed E-state index contributed by atoms with van der Waals surface area (Å²) < 4.78 is 78.3. The Hall–Kier alpha value is -1.56. The zero-order chi connectivity index (χ0) is 18.7. The molecule has 0 aliphatic carbocycles. The Bertz CT molecular complexity index is 714. The molecule has 0 unspecified atom stereocenters. The smallest absolute Gasteiger partial charge is 0.465 e. The van der Waals surface area contributed by atoms with Crippen LogP contribution in [0, 0.1) is 0 Å². The average molecular weight is 393 g/mol. The van der Waals surface area contributed by atoms with E-state index in [0.29, 0.717) is 0 Å². The highest BCUT2D eigenvalue weighted by atomic mass is 35.5. The summed E-state index contributed by atoms with van der Waals surface area (Å²) in [5.41, 5.74) is -6.39. The predicted molar refractivity (Wildman–Crippen MR) is 75.2 cm³/mol. The fourth-order valence-corrected chi connectivity index (χ4v) is 2.44. The molecule has 0 spiro atoms. The summed E-state index contributed by atoms with van der Waals surface area (Å²) in [5.74, 6) is -2.19. The number of hydrogen-bond donors (Lipinski definition) is 0. The van der Waals surface area contributed by atoms with E-state index in [1.807, 2.05) is 0 Å². The summed E-state index contributed by atoms with van der Waals surface area (Å²) in [4.78, 5) is 11.6. The van der Waals surface area contributed by atoms with Crippen LogP contribution in [-0.2, 0) is 24.3 Å². The van der Waals surface area contributed by atoms with E-state index in [1.54, 1.807) is 0 Å². The molecule has 24 heavy (non-hydrogen) atoms. The quantitative estimate of drug-likeness (QED) is 0.318. The Morgan fingerprint density at radius 1 is 1.17 bits per heavy atom. The van der Waals surface area contributed by atoms with Gasteiger partial charge in [-0.2, -0.15) is 21.6 Å². The minimum Gasteiger partial charge on any atom is -0.465 e. The van der Waals surface area contributed by atoms with Crippen molar-refractivity contribution in [2.75, 3.05) is 21.3 Å². The van der Waals surface area contributed by atoms with Crippen LogP contribution in [0.25, 0.3) is 0 Å². The lowest BCUT2D eigenvalue weighted by Gasteiger charge is -2.19. The molecule has 136 valence electrons. The number of benzene rings is 1. The van der Waals surface area contributed by atoms with Crippen molar-refractivity contribution in [3.63, 3.8) is 0 Å². The maximum absolute atomic E-state index is 12.5. The van der Waals surface area contributed by atoms with Crippen LogP contribution in [-0.4, -0.2) is 41.2 Å². The summed E-state index contributed by atoms with van der Waals surface area (Å²) in [7, 11) is -2.70. The molecule has 0 fully saturated rings. The van der Waals surface area contributed by atoms with E-state index in [1.165, 1.54) is 20.3 Å². The zero-order valence-corrected chi connectivity index (χ0v) is 14.1. The van der Waals surface area contributed by atoms with Gasteiger partial charge in [0.05, 0.1) is 12.1 Å². The highest BCUT2D eigenvalue weighted by Crippen LogP contribution is 2.39. The third-order valence-electron chi connectivity index (χ3n) is 2.69. The minimum absolute atomic E-state index is 0.0540. The summed E-state index contributed by atoms with van der Waals surface area (Å²) in [5, 5.41) is -0.612. The number of carbonyl (C=O) groups excluding carboxylic acids is 1. The van der Waals surface area contributed by atoms with Gasteiger partial charge >= 0.3 is 21.6 Å². The van der Waals surface area contributed by atoms with Gasteiger partial charge in [-0.3, -0.25) is 0 Å².